The van der Waals surface area contributed by atoms with E-state index in [0.29, 0.717) is 10.7 Å². The molecule has 1 heterocycles. The Morgan fingerprint density at radius 2 is 1.77 bits per heavy atom. The van der Waals surface area contributed by atoms with Crippen molar-refractivity contribution in [2.45, 2.75) is 33.1 Å². The van der Waals surface area contributed by atoms with Gasteiger partial charge in [-0.05, 0) is 41.2 Å². The maximum absolute atomic E-state index is 5.36. The summed E-state index contributed by atoms with van der Waals surface area (Å²) in [6.45, 7) is 6.59. The van der Waals surface area contributed by atoms with Gasteiger partial charge in [0.05, 0.1) is 6.21 Å². The average molecular weight is 365 g/mol. The summed E-state index contributed by atoms with van der Waals surface area (Å²) in [6, 6.07) is 18.7. The Labute approximate surface area is 159 Å². The third-order valence-corrected chi connectivity index (χ3v) is 4.57. The van der Waals surface area contributed by atoms with Gasteiger partial charge in [-0.3, -0.25) is 5.10 Å². The molecule has 1 aromatic heterocycles. The van der Waals surface area contributed by atoms with Gasteiger partial charge in [0.2, 0.25) is 4.77 Å². The van der Waals surface area contributed by atoms with Crippen LogP contribution in [0.3, 0.4) is 0 Å². The maximum Gasteiger partial charge on any atom is 0.216 e. The molecule has 1 N–H and O–H groups in total. The van der Waals surface area contributed by atoms with E-state index in [2.05, 4.69) is 60.3 Å². The predicted octanol–water partition coefficient (Wildman–Crippen LogP) is 5.17. The lowest BCUT2D eigenvalue weighted by atomic mass is 9.96. The quantitative estimate of drug-likeness (QED) is 0.484. The van der Waals surface area contributed by atoms with Crippen LogP contribution in [0.25, 0.3) is 0 Å². The zero-order valence-electron chi connectivity index (χ0n) is 15.4. The number of aromatic amines is 1. The van der Waals surface area contributed by atoms with Gasteiger partial charge in [0.15, 0.2) is 5.82 Å². The van der Waals surface area contributed by atoms with Crippen LogP contribution in [0.4, 0.5) is 0 Å². The van der Waals surface area contributed by atoms with Crippen LogP contribution >= 0.6 is 12.2 Å². The van der Waals surface area contributed by atoms with Crippen molar-refractivity contribution < 1.29 is 0 Å². The summed E-state index contributed by atoms with van der Waals surface area (Å²) in [7, 11) is 0. The molecule has 0 saturated heterocycles. The lowest BCUT2D eigenvalue weighted by Crippen LogP contribution is -2.05. The number of nitrogens with one attached hydrogen (secondary N) is 1. The second-order valence-corrected chi connectivity index (χ2v) is 7.30. The molecular weight excluding hydrogens is 340 g/mol. The molecule has 0 aliphatic rings. The number of rotatable bonds is 6. The number of H-pyrrole nitrogens is 1. The molecule has 3 rings (SSSR count). The highest BCUT2D eigenvalue weighted by Crippen LogP contribution is 2.23. The Hall–Kier alpha value is -2.53. The van der Waals surface area contributed by atoms with Crippen molar-refractivity contribution in [3.63, 3.8) is 0 Å². The Balaban J connectivity index is 1.85. The zero-order chi connectivity index (χ0) is 18.5. The van der Waals surface area contributed by atoms with Crippen LogP contribution in [-0.2, 0) is 6.42 Å². The van der Waals surface area contributed by atoms with Gasteiger partial charge >= 0.3 is 0 Å². The second kappa shape index (κ2) is 8.23. The van der Waals surface area contributed by atoms with E-state index in [1.807, 2.05) is 30.3 Å². The van der Waals surface area contributed by atoms with E-state index in [-0.39, 0.29) is 5.92 Å². The van der Waals surface area contributed by atoms with Crippen molar-refractivity contribution in [1.82, 2.24) is 14.9 Å². The first kappa shape index (κ1) is 18.3. The predicted molar refractivity (Wildman–Crippen MR) is 109 cm³/mol. The molecule has 1 atom stereocenters. The van der Waals surface area contributed by atoms with Gasteiger partial charge in [0, 0.05) is 5.92 Å². The van der Waals surface area contributed by atoms with Crippen LogP contribution in [-0.4, -0.2) is 21.1 Å². The van der Waals surface area contributed by atoms with Crippen molar-refractivity contribution in [3.8, 4) is 0 Å². The van der Waals surface area contributed by atoms with Crippen LogP contribution in [0.15, 0.2) is 59.7 Å². The van der Waals surface area contributed by atoms with E-state index in [0.717, 1.165) is 17.8 Å². The molecule has 26 heavy (non-hydrogen) atoms. The molecule has 2 aromatic carbocycles. The van der Waals surface area contributed by atoms with E-state index >= 15 is 0 Å². The van der Waals surface area contributed by atoms with Crippen molar-refractivity contribution in [1.29, 1.82) is 0 Å². The summed E-state index contributed by atoms with van der Waals surface area (Å²) < 4.78 is 2.20. The summed E-state index contributed by atoms with van der Waals surface area (Å²) in [6.07, 6.45) is 2.89. The Morgan fingerprint density at radius 3 is 2.42 bits per heavy atom. The van der Waals surface area contributed by atoms with Crippen molar-refractivity contribution in [2.24, 2.45) is 11.0 Å². The molecule has 3 aromatic rings. The van der Waals surface area contributed by atoms with Crippen molar-refractivity contribution >= 4 is 18.4 Å². The maximum atomic E-state index is 5.36. The highest BCUT2D eigenvalue weighted by Gasteiger charge is 2.16. The molecule has 0 radical (unpaired) electrons. The van der Waals surface area contributed by atoms with Gasteiger partial charge in [0.1, 0.15) is 0 Å². The molecule has 0 bridgehead atoms. The Morgan fingerprint density at radius 1 is 1.08 bits per heavy atom. The molecule has 134 valence electrons. The number of nitrogens with zero attached hydrogens (tertiary/aromatic N) is 3. The number of hydrogen-bond acceptors (Lipinski definition) is 3. The molecule has 1 unspecified atom stereocenters. The second-order valence-electron chi connectivity index (χ2n) is 6.92. The number of benzene rings is 2. The molecule has 0 aliphatic carbocycles. The molecule has 0 spiro atoms. The van der Waals surface area contributed by atoms with Crippen LogP contribution in [0, 0.1) is 10.7 Å². The first-order valence-corrected chi connectivity index (χ1v) is 9.31. The van der Waals surface area contributed by atoms with E-state index in [1.54, 1.807) is 10.9 Å². The fourth-order valence-corrected chi connectivity index (χ4v) is 3.11. The SMILES string of the molecule is CC(C)Cc1ccc(C(C)c2n[nH]c(=S)n2/N=C/c2ccccc2)cc1. The summed E-state index contributed by atoms with van der Waals surface area (Å²) >= 11 is 5.36. The topological polar surface area (TPSA) is 46.0 Å². The zero-order valence-corrected chi connectivity index (χ0v) is 16.2. The van der Waals surface area contributed by atoms with Gasteiger partial charge in [-0.2, -0.15) is 14.9 Å². The van der Waals surface area contributed by atoms with E-state index in [9.17, 15) is 0 Å². The number of aromatic nitrogens is 3. The van der Waals surface area contributed by atoms with Crippen LogP contribution in [0.2, 0.25) is 0 Å². The summed E-state index contributed by atoms with van der Waals surface area (Å²) in [5.41, 5.74) is 3.58. The minimum absolute atomic E-state index is 0.0870. The fraction of sp³-hybridized carbons (Fsp3) is 0.286. The minimum atomic E-state index is 0.0870. The molecule has 4 nitrogen and oxygen atoms in total. The molecule has 5 heteroatoms. The first-order chi connectivity index (χ1) is 12.5. The Bertz CT molecular complexity index is 921. The summed E-state index contributed by atoms with van der Waals surface area (Å²) in [5, 5.41) is 11.8. The lowest BCUT2D eigenvalue weighted by Gasteiger charge is -2.12. The van der Waals surface area contributed by atoms with Gasteiger partial charge in [-0.1, -0.05) is 75.4 Å². The van der Waals surface area contributed by atoms with E-state index < -0.39 is 0 Å². The van der Waals surface area contributed by atoms with E-state index in [4.69, 9.17) is 12.2 Å². The minimum Gasteiger partial charge on any atom is -0.250 e. The molecule has 0 fully saturated rings. The molecule has 0 amide bonds. The largest absolute Gasteiger partial charge is 0.250 e. The number of hydrogen-bond donors (Lipinski definition) is 1. The van der Waals surface area contributed by atoms with Gasteiger partial charge in [-0.25, -0.2) is 0 Å². The highest BCUT2D eigenvalue weighted by molar-refractivity contribution is 7.71. The third-order valence-electron chi connectivity index (χ3n) is 4.31. The van der Waals surface area contributed by atoms with Crippen LogP contribution in [0.1, 0.15) is 49.2 Å². The van der Waals surface area contributed by atoms with Crippen molar-refractivity contribution in [3.05, 3.63) is 81.9 Å². The van der Waals surface area contributed by atoms with Gasteiger partial charge in [0.25, 0.3) is 0 Å². The average Bonchev–Trinajstić information content (AvgIpc) is 3.01. The standard InChI is InChI=1S/C21H24N4S/c1-15(2)13-17-9-11-19(12-10-17)16(3)20-23-24-21(26)25(20)22-14-18-7-5-4-6-8-18/h4-12,14-16H,13H2,1-3H3,(H,24,26)/b22-14+. The molecule has 0 saturated carbocycles. The van der Waals surface area contributed by atoms with Crippen molar-refractivity contribution in [2.75, 3.05) is 0 Å². The van der Waals surface area contributed by atoms with E-state index in [1.165, 1.54) is 11.1 Å². The monoisotopic (exact) mass is 364 g/mol. The molecular formula is C21H24N4S. The Kier molecular flexibility index (Phi) is 5.78. The first-order valence-electron chi connectivity index (χ1n) is 8.90. The third kappa shape index (κ3) is 4.35. The van der Waals surface area contributed by atoms with Crippen LogP contribution in [0.5, 0.6) is 0 Å². The van der Waals surface area contributed by atoms with Crippen LogP contribution < -0.4 is 0 Å². The smallest absolute Gasteiger partial charge is 0.216 e. The fourth-order valence-electron chi connectivity index (χ4n) is 2.92. The molecule has 0 aliphatic heterocycles. The highest BCUT2D eigenvalue weighted by atomic mass is 32.1. The summed E-state index contributed by atoms with van der Waals surface area (Å²) in [5.74, 6) is 1.55. The summed E-state index contributed by atoms with van der Waals surface area (Å²) in [4.78, 5) is 0. The van der Waals surface area contributed by atoms with Gasteiger partial charge in [-0.15, -0.1) is 0 Å². The lowest BCUT2D eigenvalue weighted by molar-refractivity contribution is 0.646. The normalized spacial score (nSPS) is 12.8. The van der Waals surface area contributed by atoms with Gasteiger partial charge < -0.3 is 0 Å².